The predicted octanol–water partition coefficient (Wildman–Crippen LogP) is 1.98. The van der Waals surface area contributed by atoms with Gasteiger partial charge in [-0.2, -0.15) is 0 Å². The van der Waals surface area contributed by atoms with E-state index in [1.807, 2.05) is 12.5 Å². The molecule has 1 N–H and O–H groups in total. The van der Waals surface area contributed by atoms with Crippen LogP contribution in [0.1, 0.15) is 38.3 Å². The van der Waals surface area contributed by atoms with Gasteiger partial charge in [0.05, 0.1) is 6.33 Å². The Kier molecular flexibility index (Phi) is 3.78. The Balaban J connectivity index is 1.83. The lowest BCUT2D eigenvalue weighted by atomic mass is 10.1. The van der Waals surface area contributed by atoms with Crippen LogP contribution >= 0.6 is 0 Å². The molecule has 1 fully saturated rings. The predicted molar refractivity (Wildman–Crippen MR) is 61.9 cm³/mol. The molecule has 1 aromatic rings. The molecule has 1 aromatic heterocycles. The Bertz CT molecular complexity index is 287. The highest BCUT2D eigenvalue weighted by Crippen LogP contribution is 2.11. The summed E-state index contributed by atoms with van der Waals surface area (Å²) in [6.45, 7) is 4.54. The number of aryl methyl sites for hydroxylation is 2. The Morgan fingerprint density at radius 1 is 1.60 bits per heavy atom. The van der Waals surface area contributed by atoms with E-state index < -0.39 is 0 Å². The highest BCUT2D eigenvalue weighted by Gasteiger charge is 2.13. The molecule has 0 spiro atoms. The maximum Gasteiger partial charge on any atom is 0.0948 e. The van der Waals surface area contributed by atoms with Crippen molar-refractivity contribution in [2.75, 3.05) is 6.54 Å². The smallest absolute Gasteiger partial charge is 0.0948 e. The average Bonchev–Trinajstić information content (AvgIpc) is 2.85. The van der Waals surface area contributed by atoms with Gasteiger partial charge in [-0.1, -0.05) is 13.3 Å². The molecular weight excluding hydrogens is 186 g/mol. The van der Waals surface area contributed by atoms with E-state index in [1.54, 1.807) is 0 Å². The number of nitrogens with one attached hydrogen (secondary N) is 1. The Labute approximate surface area is 91.9 Å². The first-order valence-electron chi connectivity index (χ1n) is 6.12. The van der Waals surface area contributed by atoms with Gasteiger partial charge in [0.25, 0.3) is 0 Å². The van der Waals surface area contributed by atoms with E-state index >= 15 is 0 Å². The van der Waals surface area contributed by atoms with E-state index in [9.17, 15) is 0 Å². The zero-order valence-electron chi connectivity index (χ0n) is 9.58. The van der Waals surface area contributed by atoms with Crippen LogP contribution in [0.2, 0.25) is 0 Å². The summed E-state index contributed by atoms with van der Waals surface area (Å²) in [6, 6.07) is 0.738. The van der Waals surface area contributed by atoms with Crippen LogP contribution in [0.5, 0.6) is 0 Å². The zero-order chi connectivity index (χ0) is 10.5. The maximum atomic E-state index is 4.23. The van der Waals surface area contributed by atoms with Crippen molar-refractivity contribution < 1.29 is 0 Å². The Morgan fingerprint density at radius 2 is 2.53 bits per heavy atom. The van der Waals surface area contributed by atoms with Crippen molar-refractivity contribution in [3.8, 4) is 0 Å². The molecule has 1 unspecified atom stereocenters. The molecule has 1 saturated heterocycles. The fourth-order valence-electron chi connectivity index (χ4n) is 2.31. The number of aromatic nitrogens is 2. The van der Waals surface area contributed by atoms with Gasteiger partial charge in [0.1, 0.15) is 0 Å². The topological polar surface area (TPSA) is 29.9 Å². The second kappa shape index (κ2) is 5.31. The summed E-state index contributed by atoms with van der Waals surface area (Å²) in [7, 11) is 0. The van der Waals surface area contributed by atoms with E-state index in [1.165, 1.54) is 37.9 Å². The van der Waals surface area contributed by atoms with Gasteiger partial charge in [-0.3, -0.25) is 0 Å². The van der Waals surface area contributed by atoms with Gasteiger partial charge in [-0.25, -0.2) is 4.98 Å². The molecule has 1 aliphatic heterocycles. The third-order valence-corrected chi connectivity index (χ3v) is 3.19. The Hall–Kier alpha value is -0.830. The molecule has 15 heavy (non-hydrogen) atoms. The molecule has 2 rings (SSSR count). The van der Waals surface area contributed by atoms with Gasteiger partial charge in [0, 0.05) is 24.5 Å². The molecule has 0 radical (unpaired) electrons. The van der Waals surface area contributed by atoms with E-state index in [4.69, 9.17) is 0 Å². The molecule has 84 valence electrons. The second-order valence-electron chi connectivity index (χ2n) is 4.41. The van der Waals surface area contributed by atoms with Gasteiger partial charge in [0.2, 0.25) is 0 Å². The molecular formula is C12H21N3. The third kappa shape index (κ3) is 2.81. The summed E-state index contributed by atoms with van der Waals surface area (Å²) in [4.78, 5) is 4.23. The number of nitrogens with zero attached hydrogens (tertiary/aromatic N) is 2. The molecule has 0 amide bonds. The highest BCUT2D eigenvalue weighted by molar-refractivity contribution is 4.98. The van der Waals surface area contributed by atoms with Crippen molar-refractivity contribution in [1.29, 1.82) is 0 Å². The normalized spacial score (nSPS) is 21.0. The van der Waals surface area contributed by atoms with Crippen LogP contribution in [-0.4, -0.2) is 22.1 Å². The lowest BCUT2D eigenvalue weighted by molar-refractivity contribution is 0.497. The van der Waals surface area contributed by atoms with Crippen LogP contribution in [0.25, 0.3) is 0 Å². The Morgan fingerprint density at radius 3 is 3.27 bits per heavy atom. The van der Waals surface area contributed by atoms with Crippen molar-refractivity contribution in [3.05, 3.63) is 18.2 Å². The third-order valence-electron chi connectivity index (χ3n) is 3.19. The van der Waals surface area contributed by atoms with Gasteiger partial charge in [-0.15, -0.1) is 0 Å². The summed E-state index contributed by atoms with van der Waals surface area (Å²) in [5, 5.41) is 3.54. The minimum atomic E-state index is 0.738. The summed E-state index contributed by atoms with van der Waals surface area (Å²) in [5.41, 5.74) is 1.38. The maximum absolute atomic E-state index is 4.23. The number of rotatable bonds is 5. The van der Waals surface area contributed by atoms with Crippen molar-refractivity contribution in [3.63, 3.8) is 0 Å². The van der Waals surface area contributed by atoms with Gasteiger partial charge >= 0.3 is 0 Å². The minimum absolute atomic E-state index is 0.738. The fourth-order valence-corrected chi connectivity index (χ4v) is 2.31. The van der Waals surface area contributed by atoms with Crippen LogP contribution in [-0.2, 0) is 13.0 Å². The van der Waals surface area contributed by atoms with Gasteiger partial charge < -0.3 is 9.88 Å². The lowest BCUT2D eigenvalue weighted by Crippen LogP contribution is -2.23. The van der Waals surface area contributed by atoms with E-state index in [-0.39, 0.29) is 0 Å². The quantitative estimate of drug-likeness (QED) is 0.800. The molecule has 3 nitrogen and oxygen atoms in total. The molecule has 0 aliphatic carbocycles. The average molecular weight is 207 g/mol. The number of imidazole rings is 1. The molecule has 0 bridgehead atoms. The van der Waals surface area contributed by atoms with Gasteiger partial charge in [-0.05, 0) is 32.2 Å². The molecule has 1 aliphatic rings. The van der Waals surface area contributed by atoms with Crippen molar-refractivity contribution in [2.45, 2.75) is 51.6 Å². The summed E-state index contributed by atoms with van der Waals surface area (Å²) in [6.07, 6.45) is 10.3. The first-order chi connectivity index (χ1) is 7.40. The zero-order valence-corrected chi connectivity index (χ0v) is 9.58. The molecule has 1 atom stereocenters. The lowest BCUT2D eigenvalue weighted by Gasteiger charge is -2.12. The number of hydrogen-bond acceptors (Lipinski definition) is 2. The number of hydrogen-bond donors (Lipinski definition) is 1. The van der Waals surface area contributed by atoms with E-state index in [0.717, 1.165) is 19.0 Å². The molecule has 2 heterocycles. The van der Waals surface area contributed by atoms with Gasteiger partial charge in [0.15, 0.2) is 0 Å². The molecule has 3 heteroatoms. The van der Waals surface area contributed by atoms with Crippen LogP contribution in [0.3, 0.4) is 0 Å². The highest BCUT2D eigenvalue weighted by atomic mass is 15.0. The van der Waals surface area contributed by atoms with Crippen molar-refractivity contribution in [2.24, 2.45) is 0 Å². The summed E-state index contributed by atoms with van der Waals surface area (Å²) < 4.78 is 2.31. The van der Waals surface area contributed by atoms with Crippen molar-refractivity contribution >= 4 is 0 Å². The fraction of sp³-hybridized carbons (Fsp3) is 0.750. The summed E-state index contributed by atoms with van der Waals surface area (Å²) >= 11 is 0. The SMILES string of the molecule is CCCc1cncn1CCC1CCCN1. The summed E-state index contributed by atoms with van der Waals surface area (Å²) in [5.74, 6) is 0. The monoisotopic (exact) mass is 207 g/mol. The van der Waals surface area contributed by atoms with Crippen LogP contribution in [0, 0.1) is 0 Å². The van der Waals surface area contributed by atoms with Crippen LogP contribution < -0.4 is 5.32 Å². The van der Waals surface area contributed by atoms with Crippen LogP contribution in [0.4, 0.5) is 0 Å². The standard InChI is InChI=1S/C12H21N3/c1-2-4-12-9-13-10-15(12)8-6-11-5-3-7-14-11/h9-11,14H,2-8H2,1H3. The minimum Gasteiger partial charge on any atom is -0.335 e. The largest absolute Gasteiger partial charge is 0.335 e. The second-order valence-corrected chi connectivity index (χ2v) is 4.41. The van der Waals surface area contributed by atoms with E-state index in [0.29, 0.717) is 0 Å². The molecule has 0 aromatic carbocycles. The van der Waals surface area contributed by atoms with Crippen LogP contribution in [0.15, 0.2) is 12.5 Å². The first-order valence-corrected chi connectivity index (χ1v) is 6.12. The first kappa shape index (κ1) is 10.7. The van der Waals surface area contributed by atoms with Crippen molar-refractivity contribution in [1.82, 2.24) is 14.9 Å². The molecule has 0 saturated carbocycles. The van der Waals surface area contributed by atoms with E-state index in [2.05, 4.69) is 21.8 Å².